The second-order valence-electron chi connectivity index (χ2n) is 4.07. The van der Waals surface area contributed by atoms with Crippen LogP contribution in [-0.2, 0) is 11.0 Å². The Morgan fingerprint density at radius 2 is 1.95 bits per heavy atom. The molecule has 2 heterocycles. The Labute approximate surface area is 120 Å². The number of hydrogen-bond donors (Lipinski definition) is 2. The maximum absolute atomic E-state index is 12.7. The van der Waals surface area contributed by atoms with E-state index in [1.54, 1.807) is 0 Å². The summed E-state index contributed by atoms with van der Waals surface area (Å²) in [6, 6.07) is 0.722. The number of imidazole rings is 1. The molecule has 0 aromatic carbocycles. The summed E-state index contributed by atoms with van der Waals surface area (Å²) in [5.74, 6) is -1.29. The molecule has 2 aromatic heterocycles. The van der Waals surface area contributed by atoms with E-state index in [0.29, 0.717) is 0 Å². The fourth-order valence-electron chi connectivity index (χ4n) is 1.53. The van der Waals surface area contributed by atoms with Gasteiger partial charge in [0.25, 0.3) is 5.91 Å². The maximum Gasteiger partial charge on any atom is 0.417 e. The third kappa shape index (κ3) is 3.24. The number of hydrazine groups is 1. The predicted molar refractivity (Wildman–Crippen MR) is 66.5 cm³/mol. The van der Waals surface area contributed by atoms with Crippen molar-refractivity contribution in [3.8, 4) is 0 Å². The van der Waals surface area contributed by atoms with Gasteiger partial charge in [-0.2, -0.15) is 13.2 Å². The van der Waals surface area contributed by atoms with Gasteiger partial charge in [0, 0.05) is 19.3 Å². The number of aromatic nitrogens is 2. The van der Waals surface area contributed by atoms with Crippen LogP contribution in [0.3, 0.4) is 0 Å². The number of nitrogens with zero attached hydrogens (tertiary/aromatic N) is 2. The van der Waals surface area contributed by atoms with Gasteiger partial charge in [0.15, 0.2) is 5.65 Å². The van der Waals surface area contributed by atoms with E-state index in [0.717, 1.165) is 22.9 Å². The topological polar surface area (TPSA) is 75.5 Å². The van der Waals surface area contributed by atoms with E-state index in [4.69, 9.17) is 11.6 Å². The number of amides is 2. The van der Waals surface area contributed by atoms with Crippen LogP contribution in [0.1, 0.15) is 23.0 Å². The number of rotatable bonds is 1. The number of pyridine rings is 1. The molecular formula is C11H8ClF3N4O2. The van der Waals surface area contributed by atoms with Crippen LogP contribution >= 0.6 is 11.6 Å². The molecule has 0 saturated carbocycles. The summed E-state index contributed by atoms with van der Waals surface area (Å²) >= 11 is 5.73. The number of nitrogens with one attached hydrogen (secondary N) is 2. The van der Waals surface area contributed by atoms with Gasteiger partial charge in [0.05, 0.1) is 10.6 Å². The van der Waals surface area contributed by atoms with E-state index in [1.165, 1.54) is 6.92 Å². The Morgan fingerprint density at radius 1 is 1.29 bits per heavy atom. The average molecular weight is 321 g/mol. The number of alkyl halides is 3. The molecule has 0 radical (unpaired) electrons. The average Bonchev–Trinajstić information content (AvgIpc) is 2.79. The van der Waals surface area contributed by atoms with Crippen molar-refractivity contribution in [1.82, 2.24) is 20.2 Å². The minimum absolute atomic E-state index is 0.00218. The van der Waals surface area contributed by atoms with Crippen molar-refractivity contribution in [2.24, 2.45) is 0 Å². The number of hydrogen-bond acceptors (Lipinski definition) is 3. The van der Waals surface area contributed by atoms with Gasteiger partial charge in [-0.25, -0.2) is 4.98 Å². The first-order valence-electron chi connectivity index (χ1n) is 5.51. The molecule has 2 aromatic rings. The molecule has 0 aliphatic heterocycles. The molecule has 0 atom stereocenters. The van der Waals surface area contributed by atoms with Crippen molar-refractivity contribution in [2.75, 3.05) is 0 Å². The van der Waals surface area contributed by atoms with E-state index in [2.05, 4.69) is 4.98 Å². The molecule has 2 rings (SSSR count). The Balaban J connectivity index is 2.40. The molecule has 0 spiro atoms. The zero-order valence-corrected chi connectivity index (χ0v) is 11.2. The third-order valence-corrected chi connectivity index (χ3v) is 2.70. The van der Waals surface area contributed by atoms with Crippen LogP contribution in [0.25, 0.3) is 5.65 Å². The number of carbonyl (C=O) groups is 2. The van der Waals surface area contributed by atoms with Gasteiger partial charge in [-0.1, -0.05) is 11.6 Å². The van der Waals surface area contributed by atoms with Crippen molar-refractivity contribution in [1.29, 1.82) is 0 Å². The quantitative estimate of drug-likeness (QED) is 0.787. The van der Waals surface area contributed by atoms with E-state index in [1.807, 2.05) is 10.9 Å². The van der Waals surface area contributed by atoms with Crippen LogP contribution in [0.5, 0.6) is 0 Å². The van der Waals surface area contributed by atoms with Crippen molar-refractivity contribution >= 4 is 29.1 Å². The fraction of sp³-hybridized carbons (Fsp3) is 0.182. The number of halogens is 4. The summed E-state index contributed by atoms with van der Waals surface area (Å²) in [6.07, 6.45) is -2.72. The van der Waals surface area contributed by atoms with Crippen LogP contribution in [0.4, 0.5) is 13.2 Å². The van der Waals surface area contributed by atoms with Gasteiger partial charge in [-0.05, 0) is 6.07 Å². The van der Waals surface area contributed by atoms with Crippen molar-refractivity contribution in [3.05, 3.63) is 34.7 Å². The number of fused-ring (bicyclic) bond motifs is 1. The summed E-state index contributed by atoms with van der Waals surface area (Å²) < 4.78 is 38.9. The van der Waals surface area contributed by atoms with Gasteiger partial charge in [-0.15, -0.1) is 0 Å². The molecule has 0 fully saturated rings. The Hall–Kier alpha value is -2.29. The van der Waals surface area contributed by atoms with E-state index in [9.17, 15) is 22.8 Å². The molecular weight excluding hydrogens is 313 g/mol. The summed E-state index contributed by atoms with van der Waals surface area (Å²) in [6.45, 7) is 1.18. The standard InChI is InChI=1S/C11H8ClF3N4O2/c1-5(20)17-18-10(21)8-4-19-3-6(11(13,14)15)2-7(12)9(19)16-8/h2-4H,1H3,(H,17,20)(H,18,21). The summed E-state index contributed by atoms with van der Waals surface area (Å²) in [4.78, 5) is 26.1. The first-order chi connectivity index (χ1) is 9.68. The van der Waals surface area contributed by atoms with Gasteiger partial charge < -0.3 is 4.40 Å². The van der Waals surface area contributed by atoms with Crippen LogP contribution in [0, 0.1) is 0 Å². The Kier molecular flexibility index (Phi) is 3.77. The lowest BCUT2D eigenvalue weighted by atomic mass is 10.3. The Bertz CT molecular complexity index is 726. The van der Waals surface area contributed by atoms with Crippen LogP contribution < -0.4 is 10.9 Å². The smallest absolute Gasteiger partial charge is 0.304 e. The molecule has 2 amide bonds. The largest absolute Gasteiger partial charge is 0.417 e. The highest BCUT2D eigenvalue weighted by Crippen LogP contribution is 2.32. The molecule has 0 saturated heterocycles. The first-order valence-corrected chi connectivity index (χ1v) is 5.88. The number of carbonyl (C=O) groups excluding carboxylic acids is 2. The molecule has 0 bridgehead atoms. The molecule has 0 aliphatic carbocycles. The molecule has 0 aliphatic rings. The molecule has 6 nitrogen and oxygen atoms in total. The van der Waals surface area contributed by atoms with Gasteiger partial charge >= 0.3 is 6.18 Å². The highest BCUT2D eigenvalue weighted by molar-refractivity contribution is 6.33. The van der Waals surface area contributed by atoms with Crippen LogP contribution in [-0.4, -0.2) is 21.2 Å². The van der Waals surface area contributed by atoms with Crippen molar-refractivity contribution in [2.45, 2.75) is 13.1 Å². The normalized spacial score (nSPS) is 11.5. The summed E-state index contributed by atoms with van der Waals surface area (Å²) in [5.41, 5.74) is 2.92. The summed E-state index contributed by atoms with van der Waals surface area (Å²) in [5, 5.41) is -0.247. The maximum atomic E-state index is 12.7. The van der Waals surface area contributed by atoms with Crippen molar-refractivity contribution in [3.63, 3.8) is 0 Å². The SMILES string of the molecule is CC(=O)NNC(=O)c1cn2cc(C(F)(F)F)cc(Cl)c2n1. The molecule has 2 N–H and O–H groups in total. The molecule has 10 heteroatoms. The predicted octanol–water partition coefficient (Wildman–Crippen LogP) is 1.79. The highest BCUT2D eigenvalue weighted by Gasteiger charge is 2.32. The Morgan fingerprint density at radius 3 is 2.52 bits per heavy atom. The van der Waals surface area contributed by atoms with Gasteiger partial charge in [0.2, 0.25) is 5.91 Å². The van der Waals surface area contributed by atoms with Crippen LogP contribution in [0.15, 0.2) is 18.5 Å². The second kappa shape index (κ2) is 5.24. The minimum atomic E-state index is -4.57. The fourth-order valence-corrected chi connectivity index (χ4v) is 1.79. The third-order valence-electron chi connectivity index (χ3n) is 2.42. The molecule has 0 unspecified atom stereocenters. The zero-order chi connectivity index (χ0) is 15.8. The lowest BCUT2D eigenvalue weighted by molar-refractivity contribution is -0.137. The summed E-state index contributed by atoms with van der Waals surface area (Å²) in [7, 11) is 0. The van der Waals surface area contributed by atoms with Crippen LogP contribution in [0.2, 0.25) is 5.02 Å². The van der Waals surface area contributed by atoms with Gasteiger partial charge in [-0.3, -0.25) is 20.4 Å². The van der Waals surface area contributed by atoms with E-state index < -0.39 is 23.6 Å². The lowest BCUT2D eigenvalue weighted by Crippen LogP contribution is -2.40. The van der Waals surface area contributed by atoms with E-state index in [-0.39, 0.29) is 16.4 Å². The second-order valence-corrected chi connectivity index (χ2v) is 4.47. The lowest BCUT2D eigenvalue weighted by Gasteiger charge is -2.07. The highest BCUT2D eigenvalue weighted by atomic mass is 35.5. The van der Waals surface area contributed by atoms with Gasteiger partial charge in [0.1, 0.15) is 5.69 Å². The van der Waals surface area contributed by atoms with E-state index >= 15 is 0 Å². The monoisotopic (exact) mass is 320 g/mol. The minimum Gasteiger partial charge on any atom is -0.304 e. The molecule has 21 heavy (non-hydrogen) atoms. The zero-order valence-electron chi connectivity index (χ0n) is 10.5. The molecule has 112 valence electrons. The first kappa shape index (κ1) is 15.1. The van der Waals surface area contributed by atoms with Crippen molar-refractivity contribution < 1.29 is 22.8 Å².